The molecule has 0 aliphatic rings. The Morgan fingerprint density at radius 2 is 1.47 bits per heavy atom. The summed E-state index contributed by atoms with van der Waals surface area (Å²) in [5.74, 6) is 1.63. The first kappa shape index (κ1) is 22.9. The summed E-state index contributed by atoms with van der Waals surface area (Å²) in [6.45, 7) is 5.56. The summed E-state index contributed by atoms with van der Waals surface area (Å²) >= 11 is 0. The third-order valence-corrected chi connectivity index (χ3v) is 5.39. The summed E-state index contributed by atoms with van der Waals surface area (Å²) in [5, 5.41) is 28.3. The van der Waals surface area contributed by atoms with Gasteiger partial charge in [-0.25, -0.2) is 23.1 Å². The number of benzene rings is 1. The van der Waals surface area contributed by atoms with E-state index in [0.29, 0.717) is 24.0 Å². The Morgan fingerprint density at radius 3 is 1.97 bits per heavy atom. The lowest BCUT2D eigenvalue weighted by Gasteiger charge is -2.11. The molecule has 13 nitrogen and oxygen atoms in total. The molecule has 0 aliphatic heterocycles. The topological polar surface area (TPSA) is 182 Å². The zero-order valence-corrected chi connectivity index (χ0v) is 17.3. The molecule has 30 heavy (non-hydrogen) atoms. The SMILES string of the molecule is CCNc1cc(NCCNS(=O)(=O)c2cc([N+](=O)[O-])c(C)c([N+](=O)[O-])c2)nc(C)n1. The number of aromatic nitrogens is 2. The lowest BCUT2D eigenvalue weighted by molar-refractivity contribution is -0.395. The Labute approximate surface area is 172 Å². The molecular formula is C16H21N7O6S. The van der Waals surface area contributed by atoms with Crippen molar-refractivity contribution >= 4 is 33.0 Å². The summed E-state index contributed by atoms with van der Waals surface area (Å²) in [6, 6.07) is 3.26. The molecule has 0 saturated carbocycles. The largest absolute Gasteiger partial charge is 0.370 e. The number of nitrogens with one attached hydrogen (secondary N) is 3. The van der Waals surface area contributed by atoms with Gasteiger partial charge < -0.3 is 10.6 Å². The van der Waals surface area contributed by atoms with Crippen molar-refractivity contribution in [3.8, 4) is 0 Å². The highest BCUT2D eigenvalue weighted by Gasteiger charge is 2.27. The second kappa shape index (κ2) is 9.41. The van der Waals surface area contributed by atoms with Crippen LogP contribution in [0.4, 0.5) is 23.0 Å². The van der Waals surface area contributed by atoms with Crippen molar-refractivity contribution in [3.05, 3.63) is 49.8 Å². The van der Waals surface area contributed by atoms with Gasteiger partial charge in [-0.2, -0.15) is 0 Å². The highest BCUT2D eigenvalue weighted by atomic mass is 32.2. The fraction of sp³-hybridized carbons (Fsp3) is 0.375. The first-order valence-electron chi connectivity index (χ1n) is 8.81. The van der Waals surface area contributed by atoms with Crippen molar-refractivity contribution < 1.29 is 18.3 Å². The second-order valence-corrected chi connectivity index (χ2v) is 7.91. The van der Waals surface area contributed by atoms with Gasteiger partial charge in [0.2, 0.25) is 10.0 Å². The zero-order valence-electron chi connectivity index (χ0n) is 16.5. The average Bonchev–Trinajstić information content (AvgIpc) is 2.64. The van der Waals surface area contributed by atoms with Gasteiger partial charge in [0.05, 0.1) is 14.7 Å². The summed E-state index contributed by atoms with van der Waals surface area (Å²) in [4.78, 5) is 28.4. The Hall–Kier alpha value is -3.39. The smallest absolute Gasteiger partial charge is 0.280 e. The van der Waals surface area contributed by atoms with Crippen LogP contribution in [-0.2, 0) is 10.0 Å². The molecular weight excluding hydrogens is 418 g/mol. The highest BCUT2D eigenvalue weighted by Crippen LogP contribution is 2.31. The predicted octanol–water partition coefficient (Wildman–Crippen LogP) is 1.73. The Bertz CT molecular complexity index is 1040. The summed E-state index contributed by atoms with van der Waals surface area (Å²) in [6.07, 6.45) is 0. The number of nitro benzene ring substituents is 2. The lowest BCUT2D eigenvalue weighted by atomic mass is 10.1. The van der Waals surface area contributed by atoms with Gasteiger partial charge in [-0.15, -0.1) is 0 Å². The van der Waals surface area contributed by atoms with E-state index < -0.39 is 36.1 Å². The van der Waals surface area contributed by atoms with Crippen LogP contribution in [0.1, 0.15) is 18.3 Å². The lowest BCUT2D eigenvalue weighted by Crippen LogP contribution is -2.29. The molecule has 14 heteroatoms. The number of aryl methyl sites for hydroxylation is 1. The van der Waals surface area contributed by atoms with E-state index in [9.17, 15) is 28.6 Å². The maximum Gasteiger partial charge on any atom is 0.280 e. The predicted molar refractivity (Wildman–Crippen MR) is 109 cm³/mol. The van der Waals surface area contributed by atoms with Crippen molar-refractivity contribution in [3.63, 3.8) is 0 Å². The van der Waals surface area contributed by atoms with Gasteiger partial charge in [0.15, 0.2) is 0 Å². The molecule has 0 radical (unpaired) electrons. The Kier molecular flexibility index (Phi) is 7.18. The maximum atomic E-state index is 12.5. The molecule has 0 atom stereocenters. The minimum Gasteiger partial charge on any atom is -0.370 e. The first-order valence-corrected chi connectivity index (χ1v) is 10.3. The number of nitrogens with zero attached hydrogens (tertiary/aromatic N) is 4. The van der Waals surface area contributed by atoms with Gasteiger partial charge in [0.1, 0.15) is 23.0 Å². The third kappa shape index (κ3) is 5.57. The molecule has 0 saturated heterocycles. The van der Waals surface area contributed by atoms with Crippen LogP contribution in [0.15, 0.2) is 23.1 Å². The molecule has 0 spiro atoms. The quantitative estimate of drug-likeness (QED) is 0.280. The normalized spacial score (nSPS) is 11.2. The number of sulfonamides is 1. The van der Waals surface area contributed by atoms with Crippen molar-refractivity contribution in [1.29, 1.82) is 0 Å². The van der Waals surface area contributed by atoms with Crippen LogP contribution in [-0.4, -0.2) is 47.9 Å². The van der Waals surface area contributed by atoms with Gasteiger partial charge >= 0.3 is 0 Å². The van der Waals surface area contributed by atoms with E-state index >= 15 is 0 Å². The van der Waals surface area contributed by atoms with Crippen LogP contribution in [0.3, 0.4) is 0 Å². The van der Waals surface area contributed by atoms with E-state index in [-0.39, 0.29) is 18.7 Å². The van der Waals surface area contributed by atoms with Crippen LogP contribution in [0, 0.1) is 34.1 Å². The second-order valence-electron chi connectivity index (χ2n) is 6.14. The van der Waals surface area contributed by atoms with Crippen LogP contribution in [0.5, 0.6) is 0 Å². The first-order chi connectivity index (χ1) is 14.0. The molecule has 162 valence electrons. The molecule has 2 rings (SSSR count). The Morgan fingerprint density at radius 1 is 0.933 bits per heavy atom. The molecule has 0 amide bonds. The highest BCUT2D eigenvalue weighted by molar-refractivity contribution is 7.89. The van der Waals surface area contributed by atoms with E-state index in [1.807, 2.05) is 6.92 Å². The summed E-state index contributed by atoms with van der Waals surface area (Å²) in [5.41, 5.74) is -1.51. The maximum absolute atomic E-state index is 12.5. The average molecular weight is 439 g/mol. The number of rotatable bonds is 10. The monoisotopic (exact) mass is 439 g/mol. The molecule has 3 N–H and O–H groups in total. The van der Waals surface area contributed by atoms with Gasteiger partial charge in [-0.05, 0) is 20.8 Å². The number of hydrogen-bond donors (Lipinski definition) is 3. The number of anilines is 2. The van der Waals surface area contributed by atoms with Gasteiger partial charge in [0.25, 0.3) is 11.4 Å². The molecule has 0 fully saturated rings. The molecule has 0 aliphatic carbocycles. The molecule has 0 bridgehead atoms. The van der Waals surface area contributed by atoms with Crippen molar-refractivity contribution in [2.24, 2.45) is 0 Å². The number of nitro groups is 2. The molecule has 1 aromatic heterocycles. The van der Waals surface area contributed by atoms with Crippen molar-refractivity contribution in [1.82, 2.24) is 14.7 Å². The van der Waals surface area contributed by atoms with E-state index in [2.05, 4.69) is 25.3 Å². The van der Waals surface area contributed by atoms with Crippen LogP contribution in [0.25, 0.3) is 0 Å². The minimum atomic E-state index is -4.21. The van der Waals surface area contributed by atoms with Gasteiger partial charge in [0, 0.05) is 37.8 Å². The minimum absolute atomic E-state index is 0.0859. The van der Waals surface area contributed by atoms with E-state index in [1.54, 1.807) is 13.0 Å². The van der Waals surface area contributed by atoms with E-state index in [4.69, 9.17) is 0 Å². The summed E-state index contributed by atoms with van der Waals surface area (Å²) < 4.78 is 27.2. The van der Waals surface area contributed by atoms with Gasteiger partial charge in [-0.3, -0.25) is 20.2 Å². The summed E-state index contributed by atoms with van der Waals surface area (Å²) in [7, 11) is -4.21. The van der Waals surface area contributed by atoms with Crippen LogP contribution < -0.4 is 15.4 Å². The molecule has 1 aromatic carbocycles. The van der Waals surface area contributed by atoms with E-state index in [0.717, 1.165) is 12.1 Å². The molecule has 0 unspecified atom stereocenters. The standard InChI is InChI=1S/C16H21N7O6S/c1-4-17-15-9-16(21-11(3)20-15)18-5-6-19-30(28,29)12-7-13(22(24)25)10(2)14(8-12)23(26)27/h7-9,19H,4-6H2,1-3H3,(H2,17,18,20,21). The van der Waals surface area contributed by atoms with Crippen LogP contribution in [0.2, 0.25) is 0 Å². The van der Waals surface area contributed by atoms with Crippen molar-refractivity contribution in [2.45, 2.75) is 25.7 Å². The third-order valence-electron chi connectivity index (χ3n) is 3.95. The fourth-order valence-corrected chi connectivity index (χ4v) is 3.65. The fourth-order valence-electron chi connectivity index (χ4n) is 2.58. The Balaban J connectivity index is 2.12. The molecule has 2 aromatic rings. The van der Waals surface area contributed by atoms with E-state index in [1.165, 1.54) is 6.92 Å². The zero-order chi connectivity index (χ0) is 22.5. The molecule has 1 heterocycles. The number of hydrogen-bond acceptors (Lipinski definition) is 10. The van der Waals surface area contributed by atoms with Crippen molar-refractivity contribution in [2.75, 3.05) is 30.3 Å². The van der Waals surface area contributed by atoms with Crippen LogP contribution >= 0.6 is 0 Å². The van der Waals surface area contributed by atoms with Gasteiger partial charge in [-0.1, -0.05) is 0 Å².